The molecule has 0 heterocycles. The van der Waals surface area contributed by atoms with E-state index in [1.807, 2.05) is 6.07 Å². The molecule has 0 saturated carbocycles. The maximum atomic E-state index is 3.55. The summed E-state index contributed by atoms with van der Waals surface area (Å²) in [6.45, 7) is 4.55. The van der Waals surface area contributed by atoms with E-state index in [-0.39, 0.29) is 24.3 Å². The molecule has 0 nitrogen and oxygen atoms in total. The van der Waals surface area contributed by atoms with Crippen LogP contribution in [-0.4, -0.2) is 0 Å². The second-order valence-corrected chi connectivity index (χ2v) is 5.70. The van der Waals surface area contributed by atoms with E-state index in [1.165, 1.54) is 22.3 Å². The second-order valence-electron chi connectivity index (χ2n) is 4.79. The Morgan fingerprint density at radius 3 is 2.53 bits per heavy atom. The fraction of sp³-hybridized carbons (Fsp3) is 0.200. The monoisotopic (exact) mass is 278 g/mol. The molecule has 0 atom stereocenters. The van der Waals surface area contributed by atoms with Crippen molar-refractivity contribution < 1.29 is 18.9 Å². The van der Waals surface area contributed by atoms with Gasteiger partial charge in [-0.3, -0.25) is 0 Å². The largest absolute Gasteiger partial charge is 1.00 e. The van der Waals surface area contributed by atoms with Crippen LogP contribution in [0.3, 0.4) is 0 Å². The van der Waals surface area contributed by atoms with Crippen LogP contribution in [0.1, 0.15) is 25.0 Å². The van der Waals surface area contributed by atoms with Crippen molar-refractivity contribution in [2.75, 3.05) is 0 Å². The van der Waals surface area contributed by atoms with Crippen LogP contribution in [0.25, 0.3) is 11.1 Å². The molecule has 0 N–H and O–H groups in total. The Bertz CT molecular complexity index is 573. The van der Waals surface area contributed by atoms with E-state index in [1.54, 1.807) is 0 Å². The van der Waals surface area contributed by atoms with Crippen LogP contribution in [0.5, 0.6) is 0 Å². The molecule has 1 aliphatic rings. The minimum absolute atomic E-state index is 0. The van der Waals surface area contributed by atoms with E-state index in [0.717, 1.165) is 4.47 Å². The van der Waals surface area contributed by atoms with Crippen molar-refractivity contribution in [2.45, 2.75) is 19.3 Å². The normalized spacial score (nSPS) is 14.8. The van der Waals surface area contributed by atoms with Crippen molar-refractivity contribution in [3.8, 4) is 11.1 Å². The summed E-state index contributed by atoms with van der Waals surface area (Å²) in [5.41, 5.74) is 5.58. The molecule has 0 amide bonds. The van der Waals surface area contributed by atoms with Crippen LogP contribution in [0.4, 0.5) is 0 Å². The molecule has 80 valence electrons. The Morgan fingerprint density at radius 2 is 1.76 bits per heavy atom. The minimum Gasteiger partial charge on any atom is -0.183 e. The number of halogens is 1. The van der Waals surface area contributed by atoms with Crippen LogP contribution in [0.2, 0.25) is 0 Å². The Labute approximate surface area is 123 Å². The zero-order chi connectivity index (χ0) is 11.3. The van der Waals surface area contributed by atoms with Crippen molar-refractivity contribution in [3.05, 3.63) is 58.1 Å². The number of rotatable bonds is 0. The quantitative estimate of drug-likeness (QED) is 0.507. The van der Waals surface area contributed by atoms with Gasteiger partial charge in [0.05, 0.1) is 0 Å². The summed E-state index contributed by atoms with van der Waals surface area (Å²) < 4.78 is 1.15. The van der Waals surface area contributed by atoms with E-state index in [0.29, 0.717) is 0 Å². The molecule has 0 aliphatic heterocycles. The Morgan fingerprint density at radius 1 is 1.06 bits per heavy atom. The first-order valence-electron chi connectivity index (χ1n) is 5.42. The summed E-state index contributed by atoms with van der Waals surface area (Å²) in [7, 11) is 0. The molecule has 0 bridgehead atoms. The molecular formula is C15H12BrLi. The molecule has 2 aromatic rings. The standard InChI is InChI=1S/C15H12Br.Li/c1-15(2)13-6-4-3-5-11(13)12-8-7-10(16)9-14(12)15;/h3,5-9H,1-2H3;/q-1;+1. The van der Waals surface area contributed by atoms with Gasteiger partial charge in [0.25, 0.3) is 0 Å². The average molecular weight is 279 g/mol. The summed E-state index contributed by atoms with van der Waals surface area (Å²) in [5.74, 6) is 0. The van der Waals surface area contributed by atoms with E-state index in [9.17, 15) is 0 Å². The van der Waals surface area contributed by atoms with Gasteiger partial charge >= 0.3 is 18.9 Å². The first-order chi connectivity index (χ1) is 7.60. The zero-order valence-corrected chi connectivity index (χ0v) is 11.9. The molecule has 0 radical (unpaired) electrons. The Balaban J connectivity index is 0.00000108. The van der Waals surface area contributed by atoms with Gasteiger partial charge in [0.15, 0.2) is 0 Å². The van der Waals surface area contributed by atoms with Gasteiger partial charge in [0.1, 0.15) is 0 Å². The predicted molar refractivity (Wildman–Crippen MR) is 70.5 cm³/mol. The van der Waals surface area contributed by atoms with Gasteiger partial charge in [-0.25, -0.2) is 0 Å². The number of benzene rings is 2. The van der Waals surface area contributed by atoms with Gasteiger partial charge in [-0.05, 0) is 28.7 Å². The summed E-state index contributed by atoms with van der Waals surface area (Å²) in [5, 5.41) is 0. The smallest absolute Gasteiger partial charge is 0.183 e. The zero-order valence-electron chi connectivity index (χ0n) is 10.3. The van der Waals surface area contributed by atoms with Gasteiger partial charge in [-0.1, -0.05) is 35.8 Å². The van der Waals surface area contributed by atoms with Crippen LogP contribution in [0, 0.1) is 6.07 Å². The van der Waals surface area contributed by atoms with E-state index in [2.05, 4.69) is 66.2 Å². The molecule has 0 unspecified atom stereocenters. The van der Waals surface area contributed by atoms with Crippen LogP contribution in [0.15, 0.2) is 40.9 Å². The SMILES string of the molecule is CC1(C)c2c[c-]ccc2-c2ccc(Br)cc21.[Li+]. The fourth-order valence-corrected chi connectivity index (χ4v) is 2.96. The molecule has 2 heteroatoms. The second kappa shape index (κ2) is 4.32. The summed E-state index contributed by atoms with van der Waals surface area (Å²) >= 11 is 3.55. The summed E-state index contributed by atoms with van der Waals surface area (Å²) in [6, 6.07) is 16.0. The van der Waals surface area contributed by atoms with E-state index in [4.69, 9.17) is 0 Å². The molecule has 0 saturated heterocycles. The van der Waals surface area contributed by atoms with Crippen LogP contribution in [-0.2, 0) is 5.41 Å². The van der Waals surface area contributed by atoms with Gasteiger partial charge in [0, 0.05) is 4.47 Å². The van der Waals surface area contributed by atoms with Crippen molar-refractivity contribution in [1.29, 1.82) is 0 Å². The molecule has 0 aromatic heterocycles. The third-order valence-electron chi connectivity index (χ3n) is 3.48. The van der Waals surface area contributed by atoms with E-state index >= 15 is 0 Å². The van der Waals surface area contributed by atoms with Gasteiger partial charge in [0.2, 0.25) is 0 Å². The number of hydrogen-bond acceptors (Lipinski definition) is 0. The van der Waals surface area contributed by atoms with Crippen LogP contribution >= 0.6 is 15.9 Å². The first kappa shape index (κ1) is 13.0. The summed E-state index contributed by atoms with van der Waals surface area (Å²) in [6.07, 6.45) is 0. The maximum absolute atomic E-state index is 3.55. The van der Waals surface area contributed by atoms with Crippen molar-refractivity contribution >= 4 is 15.9 Å². The molecule has 0 fully saturated rings. The van der Waals surface area contributed by atoms with Crippen molar-refractivity contribution in [1.82, 2.24) is 0 Å². The first-order valence-corrected chi connectivity index (χ1v) is 6.21. The minimum atomic E-state index is 0. The van der Waals surface area contributed by atoms with Gasteiger partial charge in [-0.2, -0.15) is 24.3 Å². The maximum Gasteiger partial charge on any atom is 1.00 e. The van der Waals surface area contributed by atoms with Crippen molar-refractivity contribution in [2.24, 2.45) is 0 Å². The molecule has 17 heavy (non-hydrogen) atoms. The van der Waals surface area contributed by atoms with Crippen LogP contribution < -0.4 is 18.9 Å². The third-order valence-corrected chi connectivity index (χ3v) is 3.98. The fourth-order valence-electron chi connectivity index (χ4n) is 2.60. The number of hydrogen-bond donors (Lipinski definition) is 0. The Kier molecular flexibility index (Phi) is 3.29. The number of fused-ring (bicyclic) bond motifs is 3. The summed E-state index contributed by atoms with van der Waals surface area (Å²) in [4.78, 5) is 0. The molecule has 1 aliphatic carbocycles. The molecule has 3 rings (SSSR count). The molecular weight excluding hydrogens is 267 g/mol. The third kappa shape index (κ3) is 1.82. The molecule has 2 aromatic carbocycles. The van der Waals surface area contributed by atoms with Gasteiger partial charge < -0.3 is 0 Å². The average Bonchev–Trinajstić information content (AvgIpc) is 2.49. The van der Waals surface area contributed by atoms with Gasteiger partial charge in [-0.15, -0.1) is 11.1 Å². The van der Waals surface area contributed by atoms with E-state index < -0.39 is 0 Å². The Hall–Kier alpha value is -0.483. The van der Waals surface area contributed by atoms with Crippen molar-refractivity contribution in [3.63, 3.8) is 0 Å². The topological polar surface area (TPSA) is 0 Å². The molecule has 0 spiro atoms. The predicted octanol–water partition coefficient (Wildman–Crippen LogP) is 1.56.